The first kappa shape index (κ1) is 19.3. The molecule has 1 aliphatic carbocycles. The summed E-state index contributed by atoms with van der Waals surface area (Å²) in [6.45, 7) is 2.41. The first-order valence-corrected chi connectivity index (χ1v) is 10.1. The van der Waals surface area contributed by atoms with Crippen molar-refractivity contribution in [3.63, 3.8) is 0 Å². The molecule has 2 aromatic rings. The van der Waals surface area contributed by atoms with E-state index in [1.807, 2.05) is 29.8 Å². The van der Waals surface area contributed by atoms with Crippen LogP contribution in [0.4, 0.5) is 0 Å². The lowest BCUT2D eigenvalue weighted by molar-refractivity contribution is -0.140. The number of imidazole rings is 1. The summed E-state index contributed by atoms with van der Waals surface area (Å²) < 4.78 is 1.87. The monoisotopic (exact) mass is 395 g/mol. The molecule has 2 fully saturated rings. The van der Waals surface area contributed by atoms with E-state index in [1.165, 1.54) is 4.90 Å². The number of carbonyl (C=O) groups excluding carboxylic acids is 3. The van der Waals surface area contributed by atoms with E-state index in [0.29, 0.717) is 6.54 Å². The average Bonchev–Trinajstić information content (AvgIpc) is 3.27. The zero-order chi connectivity index (χ0) is 20.4. The molecule has 0 bridgehead atoms. The van der Waals surface area contributed by atoms with Gasteiger partial charge in [0.1, 0.15) is 11.6 Å². The van der Waals surface area contributed by atoms with Crippen LogP contribution in [0.15, 0.2) is 30.7 Å². The Hall–Kier alpha value is -3.03. The summed E-state index contributed by atoms with van der Waals surface area (Å²) in [5.74, 6) is 0.866. The molecule has 0 spiro atoms. The third-order valence-corrected chi connectivity index (χ3v) is 5.87. The van der Waals surface area contributed by atoms with Crippen LogP contribution in [0.1, 0.15) is 43.5 Å². The smallest absolute Gasteiger partial charge is 0.233 e. The van der Waals surface area contributed by atoms with Crippen LogP contribution < -0.4 is 5.32 Å². The van der Waals surface area contributed by atoms with Gasteiger partial charge in [-0.3, -0.25) is 23.9 Å². The van der Waals surface area contributed by atoms with Crippen molar-refractivity contribution in [1.82, 2.24) is 24.8 Å². The van der Waals surface area contributed by atoms with Gasteiger partial charge < -0.3 is 5.32 Å². The number of aryl methyl sites for hydroxylation is 1. The van der Waals surface area contributed by atoms with Gasteiger partial charge in [-0.25, -0.2) is 9.97 Å². The number of pyridine rings is 1. The van der Waals surface area contributed by atoms with Crippen molar-refractivity contribution < 1.29 is 14.4 Å². The predicted octanol–water partition coefficient (Wildman–Crippen LogP) is 1.76. The van der Waals surface area contributed by atoms with Crippen LogP contribution >= 0.6 is 0 Å². The summed E-state index contributed by atoms with van der Waals surface area (Å²) in [5, 5.41) is 2.86. The fraction of sp³-hybridized carbons (Fsp3) is 0.476. The Morgan fingerprint density at radius 3 is 2.52 bits per heavy atom. The second kappa shape index (κ2) is 8.14. The molecule has 4 rings (SSSR count). The molecule has 2 atom stereocenters. The van der Waals surface area contributed by atoms with E-state index in [1.54, 1.807) is 12.4 Å². The maximum absolute atomic E-state index is 12.5. The molecule has 1 N–H and O–H groups in total. The zero-order valence-electron chi connectivity index (χ0n) is 16.5. The van der Waals surface area contributed by atoms with Crippen LogP contribution in [0.2, 0.25) is 0 Å². The van der Waals surface area contributed by atoms with Gasteiger partial charge in [0.2, 0.25) is 17.7 Å². The molecule has 1 aliphatic heterocycles. The highest BCUT2D eigenvalue weighted by atomic mass is 16.2. The molecule has 2 unspecified atom stereocenters. The van der Waals surface area contributed by atoms with Gasteiger partial charge in [0.05, 0.1) is 11.8 Å². The summed E-state index contributed by atoms with van der Waals surface area (Å²) >= 11 is 0. The SMILES string of the molecule is Cc1nccn1-c1cc(CNC(=O)CCN2C(=O)C3CCCCC3C2=O)ccn1. The van der Waals surface area contributed by atoms with E-state index in [-0.39, 0.29) is 42.5 Å². The second-order valence-electron chi connectivity index (χ2n) is 7.72. The number of nitrogens with one attached hydrogen (secondary N) is 1. The van der Waals surface area contributed by atoms with Crippen molar-refractivity contribution in [3.8, 4) is 5.82 Å². The number of rotatable bonds is 6. The van der Waals surface area contributed by atoms with E-state index in [4.69, 9.17) is 0 Å². The number of carbonyl (C=O) groups is 3. The van der Waals surface area contributed by atoms with E-state index >= 15 is 0 Å². The molecule has 29 heavy (non-hydrogen) atoms. The summed E-state index contributed by atoms with van der Waals surface area (Å²) in [4.78, 5) is 47.1. The first-order valence-electron chi connectivity index (χ1n) is 10.1. The lowest BCUT2D eigenvalue weighted by atomic mass is 9.81. The van der Waals surface area contributed by atoms with Crippen LogP contribution in [0, 0.1) is 18.8 Å². The van der Waals surface area contributed by atoms with Gasteiger partial charge >= 0.3 is 0 Å². The van der Waals surface area contributed by atoms with Gasteiger partial charge in [-0.1, -0.05) is 12.8 Å². The maximum Gasteiger partial charge on any atom is 0.233 e. The number of fused-ring (bicyclic) bond motifs is 1. The third kappa shape index (κ3) is 3.92. The van der Waals surface area contributed by atoms with Crippen LogP contribution in [0.3, 0.4) is 0 Å². The summed E-state index contributed by atoms with van der Waals surface area (Å²) in [6, 6.07) is 3.74. The highest BCUT2D eigenvalue weighted by Gasteiger charge is 2.47. The molecule has 0 aromatic carbocycles. The average molecular weight is 395 g/mol. The fourth-order valence-electron chi connectivity index (χ4n) is 4.28. The topological polar surface area (TPSA) is 97.2 Å². The Morgan fingerprint density at radius 2 is 1.86 bits per heavy atom. The highest BCUT2D eigenvalue weighted by Crippen LogP contribution is 2.37. The Bertz CT molecular complexity index is 914. The van der Waals surface area contributed by atoms with E-state index in [0.717, 1.165) is 42.9 Å². The van der Waals surface area contributed by atoms with Crippen LogP contribution in [-0.4, -0.2) is 43.7 Å². The Labute approximate surface area is 169 Å². The molecule has 1 saturated heterocycles. The Kier molecular flexibility index (Phi) is 5.42. The van der Waals surface area contributed by atoms with Gasteiger partial charge in [-0.2, -0.15) is 0 Å². The fourth-order valence-corrected chi connectivity index (χ4v) is 4.28. The quantitative estimate of drug-likeness (QED) is 0.752. The summed E-state index contributed by atoms with van der Waals surface area (Å²) in [6.07, 6.45) is 8.94. The molecule has 2 aliphatic rings. The minimum Gasteiger partial charge on any atom is -0.352 e. The van der Waals surface area contributed by atoms with Crippen LogP contribution in [-0.2, 0) is 20.9 Å². The third-order valence-electron chi connectivity index (χ3n) is 5.87. The number of likely N-dealkylation sites (tertiary alicyclic amines) is 1. The lowest BCUT2D eigenvalue weighted by Gasteiger charge is -2.19. The van der Waals surface area contributed by atoms with E-state index in [2.05, 4.69) is 15.3 Å². The van der Waals surface area contributed by atoms with Crippen molar-refractivity contribution in [2.45, 2.75) is 45.6 Å². The highest BCUT2D eigenvalue weighted by molar-refractivity contribution is 6.05. The predicted molar refractivity (Wildman–Crippen MR) is 105 cm³/mol. The minimum atomic E-state index is -0.183. The van der Waals surface area contributed by atoms with Gasteiger partial charge in [-0.05, 0) is 37.5 Å². The number of nitrogens with zero attached hydrogens (tertiary/aromatic N) is 4. The van der Waals surface area contributed by atoms with Crippen molar-refractivity contribution >= 4 is 17.7 Å². The van der Waals surface area contributed by atoms with Gasteiger partial charge in [0, 0.05) is 38.1 Å². The molecule has 1 saturated carbocycles. The second-order valence-corrected chi connectivity index (χ2v) is 7.72. The molecular weight excluding hydrogens is 370 g/mol. The van der Waals surface area contributed by atoms with Gasteiger partial charge in [-0.15, -0.1) is 0 Å². The molecule has 2 aromatic heterocycles. The number of hydrogen-bond donors (Lipinski definition) is 1. The molecule has 3 heterocycles. The first-order chi connectivity index (χ1) is 14.0. The number of amides is 3. The lowest BCUT2D eigenvalue weighted by Crippen LogP contribution is -2.35. The molecule has 3 amide bonds. The van der Waals surface area contributed by atoms with E-state index in [9.17, 15) is 14.4 Å². The van der Waals surface area contributed by atoms with Crippen molar-refractivity contribution in [2.24, 2.45) is 11.8 Å². The van der Waals surface area contributed by atoms with Crippen molar-refractivity contribution in [3.05, 3.63) is 42.1 Å². The van der Waals surface area contributed by atoms with Crippen LogP contribution in [0.5, 0.6) is 0 Å². The normalized spacial score (nSPS) is 21.3. The van der Waals surface area contributed by atoms with Gasteiger partial charge in [0.25, 0.3) is 0 Å². The van der Waals surface area contributed by atoms with Crippen LogP contribution in [0.25, 0.3) is 5.82 Å². The number of imide groups is 1. The molecule has 8 heteroatoms. The number of hydrogen-bond acceptors (Lipinski definition) is 5. The molecular formula is C21H25N5O3. The van der Waals surface area contributed by atoms with Crippen molar-refractivity contribution in [2.75, 3.05) is 6.54 Å². The summed E-state index contributed by atoms with van der Waals surface area (Å²) in [7, 11) is 0. The molecule has 152 valence electrons. The Balaban J connectivity index is 1.30. The molecule has 0 radical (unpaired) electrons. The maximum atomic E-state index is 12.5. The summed E-state index contributed by atoms with van der Waals surface area (Å²) in [5.41, 5.74) is 0.913. The Morgan fingerprint density at radius 1 is 1.14 bits per heavy atom. The zero-order valence-corrected chi connectivity index (χ0v) is 16.5. The van der Waals surface area contributed by atoms with Gasteiger partial charge in [0.15, 0.2) is 0 Å². The minimum absolute atomic E-state index is 0.0954. The van der Waals surface area contributed by atoms with Crippen molar-refractivity contribution in [1.29, 1.82) is 0 Å². The number of aromatic nitrogens is 3. The standard InChI is InChI=1S/C21H25N5O3/c1-14-22-9-11-25(14)18-12-15(6-8-23-18)13-24-19(27)7-10-26-20(28)16-4-2-3-5-17(16)21(26)29/h6,8-9,11-12,16-17H,2-5,7,10,13H2,1H3,(H,24,27). The molecule has 8 nitrogen and oxygen atoms in total. The van der Waals surface area contributed by atoms with E-state index < -0.39 is 0 Å². The largest absolute Gasteiger partial charge is 0.352 e.